The van der Waals surface area contributed by atoms with Crippen LogP contribution in [0, 0.1) is 17.7 Å². The topological polar surface area (TPSA) is 0 Å². The number of aryl methyl sites for hydroxylation is 1. The van der Waals surface area contributed by atoms with Crippen LogP contribution in [-0.2, 0) is 12.6 Å². The van der Waals surface area contributed by atoms with Gasteiger partial charge in [0.2, 0.25) is 0 Å². The summed E-state index contributed by atoms with van der Waals surface area (Å²) in [6, 6.07) is 13.4. The van der Waals surface area contributed by atoms with Gasteiger partial charge in [-0.05, 0) is 47.7 Å². The largest absolute Gasteiger partial charge is 0.416 e. The van der Waals surface area contributed by atoms with Crippen molar-refractivity contribution in [3.8, 4) is 11.8 Å². The summed E-state index contributed by atoms with van der Waals surface area (Å²) in [7, 11) is 0. The first-order chi connectivity index (χ1) is 11.9. The summed E-state index contributed by atoms with van der Waals surface area (Å²) in [6.07, 6.45) is -3.51. The van der Waals surface area contributed by atoms with Crippen molar-refractivity contribution in [3.63, 3.8) is 0 Å². The zero-order chi connectivity index (χ0) is 18.0. The standard InChI is InChI=1S/C21H14F4/c1-2-14-6-12-19-17(13-14)9-8-16(20(19)22)7-3-15-4-10-18(11-5-15)21(23,24)25/h4-6,8-13H,2H2,1H3. The number of hydrogen-bond acceptors (Lipinski definition) is 0. The Morgan fingerprint density at radius 3 is 2.24 bits per heavy atom. The number of fused-ring (bicyclic) bond motifs is 1. The molecule has 0 nitrogen and oxygen atoms in total. The maximum absolute atomic E-state index is 14.6. The quantitative estimate of drug-likeness (QED) is 0.378. The van der Waals surface area contributed by atoms with E-state index in [-0.39, 0.29) is 5.56 Å². The molecule has 0 bridgehead atoms. The van der Waals surface area contributed by atoms with Gasteiger partial charge in [0.15, 0.2) is 0 Å². The van der Waals surface area contributed by atoms with Gasteiger partial charge in [0, 0.05) is 10.9 Å². The highest BCUT2D eigenvalue weighted by molar-refractivity contribution is 5.85. The predicted octanol–water partition coefficient (Wildman–Crippen LogP) is 5.96. The molecule has 0 saturated heterocycles. The van der Waals surface area contributed by atoms with Crippen LogP contribution in [0.25, 0.3) is 10.8 Å². The highest BCUT2D eigenvalue weighted by atomic mass is 19.4. The number of alkyl halides is 3. The molecule has 3 rings (SSSR count). The molecule has 0 amide bonds. The highest BCUT2D eigenvalue weighted by Crippen LogP contribution is 2.29. The van der Waals surface area contributed by atoms with E-state index in [2.05, 4.69) is 11.8 Å². The number of benzene rings is 3. The van der Waals surface area contributed by atoms with E-state index in [9.17, 15) is 17.6 Å². The van der Waals surface area contributed by atoms with Gasteiger partial charge in [0.05, 0.1) is 11.1 Å². The molecule has 0 fully saturated rings. The summed E-state index contributed by atoms with van der Waals surface area (Å²) >= 11 is 0. The van der Waals surface area contributed by atoms with E-state index >= 15 is 0 Å². The minimum atomic E-state index is -4.38. The summed E-state index contributed by atoms with van der Waals surface area (Å²) in [5, 5.41) is 1.29. The Bertz CT molecular complexity index is 971. The molecule has 0 aromatic heterocycles. The minimum absolute atomic E-state index is 0.219. The summed E-state index contributed by atoms with van der Waals surface area (Å²) in [5.74, 6) is 5.00. The van der Waals surface area contributed by atoms with Crippen molar-refractivity contribution in [3.05, 3.63) is 82.7 Å². The van der Waals surface area contributed by atoms with Gasteiger partial charge in [0.25, 0.3) is 0 Å². The molecule has 0 unspecified atom stereocenters. The SMILES string of the molecule is CCc1ccc2c(F)c(C#Cc3ccc(C(F)(F)F)cc3)ccc2c1. The highest BCUT2D eigenvalue weighted by Gasteiger charge is 2.29. The smallest absolute Gasteiger partial charge is 0.205 e. The van der Waals surface area contributed by atoms with Crippen molar-refractivity contribution in [2.24, 2.45) is 0 Å². The van der Waals surface area contributed by atoms with Crippen LogP contribution in [0.1, 0.15) is 29.2 Å². The van der Waals surface area contributed by atoms with Crippen LogP contribution in [0.3, 0.4) is 0 Å². The maximum Gasteiger partial charge on any atom is 0.416 e. The van der Waals surface area contributed by atoms with Crippen molar-refractivity contribution in [1.29, 1.82) is 0 Å². The molecular formula is C21H14F4. The Kier molecular flexibility index (Phi) is 4.50. The number of rotatable bonds is 1. The van der Waals surface area contributed by atoms with Crippen molar-refractivity contribution in [1.82, 2.24) is 0 Å². The number of halogens is 4. The molecule has 4 heteroatoms. The third-order valence-electron chi connectivity index (χ3n) is 3.98. The molecule has 126 valence electrons. The van der Waals surface area contributed by atoms with Crippen LogP contribution in [0.4, 0.5) is 17.6 Å². The fourth-order valence-corrected chi connectivity index (χ4v) is 2.54. The fraction of sp³-hybridized carbons (Fsp3) is 0.143. The molecule has 0 heterocycles. The predicted molar refractivity (Wildman–Crippen MR) is 90.7 cm³/mol. The minimum Gasteiger partial charge on any atom is -0.205 e. The maximum atomic E-state index is 14.6. The molecular weight excluding hydrogens is 328 g/mol. The average molecular weight is 342 g/mol. The van der Waals surface area contributed by atoms with Crippen LogP contribution in [0.2, 0.25) is 0 Å². The van der Waals surface area contributed by atoms with Gasteiger partial charge >= 0.3 is 6.18 Å². The molecule has 0 aliphatic rings. The molecule has 0 atom stereocenters. The van der Waals surface area contributed by atoms with Crippen LogP contribution >= 0.6 is 0 Å². The van der Waals surface area contributed by atoms with E-state index in [4.69, 9.17) is 0 Å². The first-order valence-corrected chi connectivity index (χ1v) is 7.79. The molecule has 0 N–H and O–H groups in total. The van der Waals surface area contributed by atoms with Gasteiger partial charge in [0.1, 0.15) is 5.82 Å². The lowest BCUT2D eigenvalue weighted by Gasteiger charge is -2.05. The summed E-state index contributed by atoms with van der Waals surface area (Å²) < 4.78 is 52.2. The van der Waals surface area contributed by atoms with E-state index in [1.165, 1.54) is 12.1 Å². The van der Waals surface area contributed by atoms with Gasteiger partial charge < -0.3 is 0 Å². The van der Waals surface area contributed by atoms with E-state index in [1.54, 1.807) is 18.2 Å². The molecule has 0 spiro atoms. The summed E-state index contributed by atoms with van der Waals surface area (Å²) in [4.78, 5) is 0. The lowest BCUT2D eigenvalue weighted by Crippen LogP contribution is -2.04. The van der Waals surface area contributed by atoms with E-state index in [0.717, 1.165) is 29.5 Å². The first-order valence-electron chi connectivity index (χ1n) is 7.79. The molecule has 25 heavy (non-hydrogen) atoms. The first kappa shape index (κ1) is 17.0. The Hall–Kier alpha value is -2.80. The van der Waals surface area contributed by atoms with Crippen LogP contribution in [0.5, 0.6) is 0 Å². The molecule has 3 aromatic carbocycles. The average Bonchev–Trinajstić information content (AvgIpc) is 2.60. The normalized spacial score (nSPS) is 11.2. The summed E-state index contributed by atoms with van der Waals surface area (Å²) in [6.45, 7) is 2.03. The van der Waals surface area contributed by atoms with Gasteiger partial charge in [-0.1, -0.05) is 43.0 Å². The van der Waals surface area contributed by atoms with E-state index < -0.39 is 17.6 Å². The second-order valence-electron chi connectivity index (χ2n) is 5.66. The Morgan fingerprint density at radius 1 is 0.880 bits per heavy atom. The molecule has 3 aromatic rings. The molecule has 0 aliphatic heterocycles. The Labute approximate surface area is 143 Å². The van der Waals surface area contributed by atoms with Gasteiger partial charge in [-0.25, -0.2) is 4.39 Å². The Morgan fingerprint density at radius 2 is 1.60 bits per heavy atom. The van der Waals surface area contributed by atoms with Gasteiger partial charge in [-0.2, -0.15) is 13.2 Å². The van der Waals surface area contributed by atoms with E-state index in [0.29, 0.717) is 10.9 Å². The summed E-state index contributed by atoms with van der Waals surface area (Å²) in [5.41, 5.74) is 1.00. The molecule has 0 saturated carbocycles. The van der Waals surface area contributed by atoms with Crippen LogP contribution in [0.15, 0.2) is 54.6 Å². The van der Waals surface area contributed by atoms with Gasteiger partial charge in [-0.3, -0.25) is 0 Å². The third kappa shape index (κ3) is 3.66. The molecule has 0 aliphatic carbocycles. The number of hydrogen-bond donors (Lipinski definition) is 0. The lowest BCUT2D eigenvalue weighted by molar-refractivity contribution is -0.137. The van der Waals surface area contributed by atoms with Crippen molar-refractivity contribution in [2.45, 2.75) is 19.5 Å². The molecule has 0 radical (unpaired) electrons. The fourth-order valence-electron chi connectivity index (χ4n) is 2.54. The second kappa shape index (κ2) is 6.60. The zero-order valence-electron chi connectivity index (χ0n) is 13.4. The van der Waals surface area contributed by atoms with E-state index in [1.807, 2.05) is 19.1 Å². The second-order valence-corrected chi connectivity index (χ2v) is 5.66. The Balaban J connectivity index is 1.94. The van der Waals surface area contributed by atoms with Crippen LogP contribution in [-0.4, -0.2) is 0 Å². The zero-order valence-corrected chi connectivity index (χ0v) is 13.4. The van der Waals surface area contributed by atoms with Crippen molar-refractivity contribution >= 4 is 10.8 Å². The van der Waals surface area contributed by atoms with Crippen LogP contribution < -0.4 is 0 Å². The monoisotopic (exact) mass is 342 g/mol. The third-order valence-corrected chi connectivity index (χ3v) is 3.98. The van der Waals surface area contributed by atoms with Crippen molar-refractivity contribution < 1.29 is 17.6 Å². The van der Waals surface area contributed by atoms with Crippen molar-refractivity contribution in [2.75, 3.05) is 0 Å². The van der Waals surface area contributed by atoms with Gasteiger partial charge in [-0.15, -0.1) is 0 Å². The lowest BCUT2D eigenvalue weighted by atomic mass is 10.0.